The van der Waals surface area contributed by atoms with Crippen molar-refractivity contribution in [3.05, 3.63) is 101 Å². The highest BCUT2D eigenvalue weighted by molar-refractivity contribution is 9.11. The van der Waals surface area contributed by atoms with Crippen molar-refractivity contribution in [2.75, 3.05) is 6.54 Å². The van der Waals surface area contributed by atoms with Crippen LogP contribution in [0.15, 0.2) is 79.0 Å². The van der Waals surface area contributed by atoms with Crippen molar-refractivity contribution < 1.29 is 19.1 Å². The number of Topliss-reactive ketones (excluding diaryl/α,β-unsaturated/α-hetero) is 1. The lowest BCUT2D eigenvalue weighted by Gasteiger charge is -2.12. The number of amides is 2. The van der Waals surface area contributed by atoms with Crippen LogP contribution >= 0.6 is 71.2 Å². The summed E-state index contributed by atoms with van der Waals surface area (Å²) in [6.45, 7) is 0.0352. The average molecular weight is 701 g/mol. The van der Waals surface area contributed by atoms with E-state index >= 15 is 0 Å². The first-order valence-corrected chi connectivity index (χ1v) is 13.7. The van der Waals surface area contributed by atoms with E-state index in [9.17, 15) is 14.4 Å². The fraction of sp³-hybridized carbons (Fsp3) is 0.0800. The molecule has 0 atom stereocenters. The molecule has 178 valence electrons. The second kappa shape index (κ2) is 11.4. The summed E-state index contributed by atoms with van der Waals surface area (Å²) in [6, 6.07) is 17.7. The molecule has 4 rings (SSSR count). The lowest BCUT2D eigenvalue weighted by atomic mass is 10.1. The Labute approximate surface area is 236 Å². The van der Waals surface area contributed by atoms with Gasteiger partial charge in [0.1, 0.15) is 12.4 Å². The lowest BCUT2D eigenvalue weighted by Crippen LogP contribution is -2.33. The summed E-state index contributed by atoms with van der Waals surface area (Å²) in [6.07, 6.45) is 1.62. The van der Waals surface area contributed by atoms with Crippen molar-refractivity contribution in [3.63, 3.8) is 0 Å². The fourth-order valence-corrected chi connectivity index (χ4v) is 5.87. The van der Waals surface area contributed by atoms with Crippen molar-refractivity contribution >= 4 is 94.2 Å². The van der Waals surface area contributed by atoms with Crippen LogP contribution in [0.2, 0.25) is 5.02 Å². The summed E-state index contributed by atoms with van der Waals surface area (Å²) in [5.74, 6) is -0.209. The van der Waals surface area contributed by atoms with Gasteiger partial charge in [-0.15, -0.1) is 0 Å². The molecule has 1 aliphatic rings. The van der Waals surface area contributed by atoms with Gasteiger partial charge in [0.2, 0.25) is 0 Å². The van der Waals surface area contributed by atoms with Gasteiger partial charge < -0.3 is 4.74 Å². The molecule has 0 saturated carbocycles. The van der Waals surface area contributed by atoms with Crippen LogP contribution in [0.25, 0.3) is 6.08 Å². The summed E-state index contributed by atoms with van der Waals surface area (Å²) < 4.78 is 8.12. The Hall–Kier alpha value is -1.91. The van der Waals surface area contributed by atoms with Gasteiger partial charge in [-0.05, 0) is 97.2 Å². The number of ketones is 1. The Balaban J connectivity index is 1.47. The van der Waals surface area contributed by atoms with E-state index < -0.39 is 11.1 Å². The number of thioether (sulfide) groups is 1. The second-order valence-corrected chi connectivity index (χ2v) is 11.5. The standard InChI is InChI=1S/C25H15Br3ClNO4S/c26-17-5-3-16(4-6-17)21(31)12-30-24(32)22(35-25(30)33)11-15-9-19(27)23(20(28)10-15)34-13-14-1-7-18(29)8-2-14/h1-11H,12-13H2/b22-11+. The van der Waals surface area contributed by atoms with Crippen molar-refractivity contribution in [1.29, 1.82) is 0 Å². The van der Waals surface area contributed by atoms with Gasteiger partial charge in [0.05, 0.1) is 20.4 Å². The zero-order valence-electron chi connectivity index (χ0n) is 17.8. The molecule has 3 aromatic carbocycles. The van der Waals surface area contributed by atoms with Gasteiger partial charge in [-0.3, -0.25) is 19.3 Å². The molecular weight excluding hydrogens is 686 g/mol. The summed E-state index contributed by atoms with van der Waals surface area (Å²) >= 11 is 17.1. The van der Waals surface area contributed by atoms with Crippen LogP contribution in [0, 0.1) is 0 Å². The Morgan fingerprint density at radius 3 is 2.23 bits per heavy atom. The van der Waals surface area contributed by atoms with E-state index in [1.54, 1.807) is 54.6 Å². The van der Waals surface area contributed by atoms with E-state index in [4.69, 9.17) is 16.3 Å². The number of carbonyl (C=O) groups is 3. The molecule has 1 saturated heterocycles. The summed E-state index contributed by atoms with van der Waals surface area (Å²) in [5.41, 5.74) is 2.08. The zero-order valence-corrected chi connectivity index (χ0v) is 24.1. The zero-order chi connectivity index (χ0) is 25.1. The quantitative estimate of drug-likeness (QED) is 0.184. The monoisotopic (exact) mass is 697 g/mol. The number of ether oxygens (including phenoxy) is 1. The smallest absolute Gasteiger partial charge is 0.293 e. The highest BCUT2D eigenvalue weighted by Gasteiger charge is 2.36. The number of imide groups is 1. The SMILES string of the molecule is O=C(CN1C(=O)S/C(=C/c2cc(Br)c(OCc3ccc(Cl)cc3)c(Br)c2)C1=O)c1ccc(Br)cc1. The molecule has 35 heavy (non-hydrogen) atoms. The van der Waals surface area contributed by atoms with Gasteiger partial charge in [-0.2, -0.15) is 0 Å². The molecule has 0 bridgehead atoms. The third kappa shape index (κ3) is 6.46. The first kappa shape index (κ1) is 26.2. The number of rotatable bonds is 7. The minimum Gasteiger partial charge on any atom is -0.487 e. The number of carbonyl (C=O) groups excluding carboxylic acids is 3. The van der Waals surface area contributed by atoms with E-state index in [1.807, 2.05) is 12.1 Å². The van der Waals surface area contributed by atoms with Crippen LogP contribution in [0.5, 0.6) is 5.75 Å². The van der Waals surface area contributed by atoms with E-state index in [1.165, 1.54) is 0 Å². The van der Waals surface area contributed by atoms with Crippen molar-refractivity contribution in [2.45, 2.75) is 6.61 Å². The average Bonchev–Trinajstić information content (AvgIpc) is 3.07. The topological polar surface area (TPSA) is 63.7 Å². The molecule has 0 aliphatic carbocycles. The normalized spacial score (nSPS) is 14.6. The first-order chi connectivity index (χ1) is 16.7. The Morgan fingerprint density at radius 1 is 0.971 bits per heavy atom. The number of hydrogen-bond acceptors (Lipinski definition) is 5. The summed E-state index contributed by atoms with van der Waals surface area (Å²) in [5, 5.41) is 0.176. The summed E-state index contributed by atoms with van der Waals surface area (Å²) in [7, 11) is 0. The lowest BCUT2D eigenvalue weighted by molar-refractivity contribution is -0.122. The number of benzene rings is 3. The van der Waals surface area contributed by atoms with Crippen molar-refractivity contribution in [1.82, 2.24) is 4.90 Å². The van der Waals surface area contributed by atoms with Gasteiger partial charge in [0, 0.05) is 15.1 Å². The number of hydrogen-bond donors (Lipinski definition) is 0. The van der Waals surface area contributed by atoms with Gasteiger partial charge in [-0.25, -0.2) is 0 Å². The number of nitrogens with zero attached hydrogens (tertiary/aromatic N) is 1. The molecule has 0 spiro atoms. The largest absolute Gasteiger partial charge is 0.487 e. The maximum Gasteiger partial charge on any atom is 0.293 e. The third-order valence-electron chi connectivity index (χ3n) is 4.96. The van der Waals surface area contributed by atoms with E-state index in [0.29, 0.717) is 37.5 Å². The highest BCUT2D eigenvalue weighted by Crippen LogP contribution is 2.38. The molecule has 2 amide bonds. The second-order valence-electron chi connectivity index (χ2n) is 7.43. The Bertz CT molecular complexity index is 1320. The van der Waals surface area contributed by atoms with E-state index in [-0.39, 0.29) is 17.2 Å². The van der Waals surface area contributed by atoms with Crippen molar-refractivity contribution in [2.24, 2.45) is 0 Å². The van der Waals surface area contributed by atoms with Crippen LogP contribution in [-0.2, 0) is 11.4 Å². The van der Waals surface area contributed by atoms with E-state index in [0.717, 1.165) is 26.7 Å². The van der Waals surface area contributed by atoms with Crippen LogP contribution < -0.4 is 4.74 Å². The van der Waals surface area contributed by atoms with E-state index in [2.05, 4.69) is 47.8 Å². The van der Waals surface area contributed by atoms with Crippen LogP contribution in [-0.4, -0.2) is 28.4 Å². The van der Waals surface area contributed by atoms with Crippen molar-refractivity contribution in [3.8, 4) is 5.75 Å². The molecule has 0 radical (unpaired) electrons. The first-order valence-electron chi connectivity index (χ1n) is 10.1. The van der Waals surface area contributed by atoms with Gasteiger partial charge >= 0.3 is 0 Å². The van der Waals surface area contributed by atoms with Crippen LogP contribution in [0.3, 0.4) is 0 Å². The molecule has 0 unspecified atom stereocenters. The molecule has 1 heterocycles. The minimum absolute atomic E-state index is 0.243. The molecule has 0 N–H and O–H groups in total. The van der Waals surface area contributed by atoms with Gasteiger partial charge in [0.25, 0.3) is 11.1 Å². The predicted molar refractivity (Wildman–Crippen MR) is 149 cm³/mol. The van der Waals surface area contributed by atoms with Crippen LogP contribution in [0.4, 0.5) is 4.79 Å². The Morgan fingerprint density at radius 2 is 1.60 bits per heavy atom. The van der Waals surface area contributed by atoms with Crippen LogP contribution in [0.1, 0.15) is 21.5 Å². The van der Waals surface area contributed by atoms with Gasteiger partial charge in [0.15, 0.2) is 5.78 Å². The maximum absolute atomic E-state index is 12.9. The minimum atomic E-state index is -0.499. The highest BCUT2D eigenvalue weighted by atomic mass is 79.9. The molecule has 10 heteroatoms. The summed E-state index contributed by atoms with van der Waals surface area (Å²) in [4.78, 5) is 39.1. The Kier molecular flexibility index (Phi) is 8.54. The molecular formula is C25H15Br3ClNO4S. The third-order valence-corrected chi connectivity index (χ3v) is 7.82. The maximum atomic E-state index is 12.9. The molecule has 0 aromatic heterocycles. The molecule has 5 nitrogen and oxygen atoms in total. The molecule has 1 fully saturated rings. The predicted octanol–water partition coefficient (Wildman–Crippen LogP) is 8.13. The fourth-order valence-electron chi connectivity index (χ4n) is 3.20. The molecule has 3 aromatic rings. The van der Waals surface area contributed by atoms with Gasteiger partial charge in [-0.1, -0.05) is 51.8 Å². The number of halogens is 4. The molecule has 1 aliphatic heterocycles.